The van der Waals surface area contributed by atoms with Crippen LogP contribution in [0.2, 0.25) is 0 Å². The van der Waals surface area contributed by atoms with Crippen LogP contribution in [0.3, 0.4) is 0 Å². The number of carboxylic acids is 1. The maximum atomic E-state index is 12.5. The summed E-state index contributed by atoms with van der Waals surface area (Å²) in [6, 6.07) is 5.61. The van der Waals surface area contributed by atoms with Crippen molar-refractivity contribution in [3.05, 3.63) is 40.5 Å². The summed E-state index contributed by atoms with van der Waals surface area (Å²) < 4.78 is 24.9. The maximum absolute atomic E-state index is 12.5. The number of aromatic nitrogens is 1. The van der Waals surface area contributed by atoms with E-state index in [1.54, 1.807) is 0 Å². The third kappa shape index (κ3) is 2.78. The van der Waals surface area contributed by atoms with Crippen molar-refractivity contribution in [2.75, 3.05) is 0 Å². The molecule has 6 heteroatoms. The molecule has 0 bridgehead atoms. The van der Waals surface area contributed by atoms with Gasteiger partial charge in [-0.2, -0.15) is 0 Å². The largest absolute Gasteiger partial charge is 0.476 e. The fraction of sp³-hybridized carbons (Fsp3) is 0.231. The van der Waals surface area contributed by atoms with Gasteiger partial charge in [0.05, 0.1) is 9.88 Å². The summed E-state index contributed by atoms with van der Waals surface area (Å²) in [6.45, 7) is 1.88. The highest BCUT2D eigenvalue weighted by Gasteiger charge is 2.18. The minimum atomic E-state index is -2.53. The number of alkyl halides is 2. The molecule has 0 radical (unpaired) electrons. The molecule has 0 spiro atoms. The maximum Gasteiger partial charge on any atom is 0.356 e. The minimum Gasteiger partial charge on any atom is -0.476 e. The normalized spacial score (nSPS) is 10.9. The molecule has 0 unspecified atom stereocenters. The molecule has 0 amide bonds. The smallest absolute Gasteiger partial charge is 0.356 e. The third-order valence-corrected chi connectivity index (χ3v) is 3.85. The monoisotopic (exact) mass is 283 g/mol. The lowest BCUT2D eigenvalue weighted by atomic mass is 10.1. The van der Waals surface area contributed by atoms with Crippen LogP contribution in [0.5, 0.6) is 0 Å². The second-order valence-electron chi connectivity index (χ2n) is 3.87. The Morgan fingerprint density at radius 1 is 1.37 bits per heavy atom. The van der Waals surface area contributed by atoms with Gasteiger partial charge in [-0.15, -0.1) is 11.3 Å². The van der Waals surface area contributed by atoms with Gasteiger partial charge in [0.25, 0.3) is 6.43 Å². The average molecular weight is 283 g/mol. The molecule has 100 valence electrons. The number of rotatable bonds is 4. The van der Waals surface area contributed by atoms with Crippen LogP contribution in [0.25, 0.3) is 10.4 Å². The Labute approximate surface area is 112 Å². The van der Waals surface area contributed by atoms with Gasteiger partial charge in [-0.1, -0.05) is 31.2 Å². The van der Waals surface area contributed by atoms with Crippen LogP contribution < -0.4 is 0 Å². The summed E-state index contributed by atoms with van der Waals surface area (Å²) >= 11 is 1.28. The zero-order valence-corrected chi connectivity index (χ0v) is 10.9. The van der Waals surface area contributed by atoms with Crippen molar-refractivity contribution in [1.29, 1.82) is 0 Å². The van der Waals surface area contributed by atoms with Crippen molar-refractivity contribution in [2.24, 2.45) is 0 Å². The van der Waals surface area contributed by atoms with Gasteiger partial charge < -0.3 is 5.11 Å². The summed E-state index contributed by atoms with van der Waals surface area (Å²) in [5.41, 5.74) is 0.492. The predicted octanol–water partition coefficient (Wildman–Crippen LogP) is 4.01. The standard InChI is InChI=1S/C13H11F2NO2S/c1-2-9-16-10(13(17)18)11(19-9)7-3-5-8(6-4-7)12(14)15/h3-6,12H,2H2,1H3,(H,17,18). The van der Waals surface area contributed by atoms with Crippen molar-refractivity contribution in [3.63, 3.8) is 0 Å². The molecule has 0 aliphatic heterocycles. The second-order valence-corrected chi connectivity index (χ2v) is 4.95. The first-order valence-electron chi connectivity index (χ1n) is 5.64. The molecule has 0 fully saturated rings. The van der Waals surface area contributed by atoms with Crippen LogP contribution in [-0.2, 0) is 6.42 Å². The van der Waals surface area contributed by atoms with Crippen LogP contribution in [0.4, 0.5) is 8.78 Å². The Morgan fingerprint density at radius 3 is 2.47 bits per heavy atom. The molecule has 3 nitrogen and oxygen atoms in total. The number of halogens is 2. The fourth-order valence-corrected chi connectivity index (χ4v) is 2.64. The molecule has 0 aliphatic rings. The van der Waals surface area contributed by atoms with Crippen molar-refractivity contribution in [1.82, 2.24) is 4.98 Å². The van der Waals surface area contributed by atoms with Crippen molar-refractivity contribution in [3.8, 4) is 10.4 Å². The lowest BCUT2D eigenvalue weighted by Gasteiger charge is -2.02. The van der Waals surface area contributed by atoms with Crippen LogP contribution in [0.15, 0.2) is 24.3 Å². The highest BCUT2D eigenvalue weighted by Crippen LogP contribution is 2.32. The number of aryl methyl sites for hydroxylation is 1. The Kier molecular flexibility index (Phi) is 3.90. The Balaban J connectivity index is 2.45. The van der Waals surface area contributed by atoms with E-state index < -0.39 is 12.4 Å². The number of benzene rings is 1. The predicted molar refractivity (Wildman–Crippen MR) is 68.8 cm³/mol. The van der Waals surface area contributed by atoms with Gasteiger partial charge in [0.1, 0.15) is 0 Å². The molecule has 1 aromatic heterocycles. The lowest BCUT2D eigenvalue weighted by Crippen LogP contribution is -1.99. The van der Waals surface area contributed by atoms with E-state index in [1.807, 2.05) is 6.92 Å². The Bertz CT molecular complexity index is 593. The molecule has 2 rings (SSSR count). The van der Waals surface area contributed by atoms with Gasteiger partial charge in [0.15, 0.2) is 5.69 Å². The highest BCUT2D eigenvalue weighted by molar-refractivity contribution is 7.15. The summed E-state index contributed by atoms with van der Waals surface area (Å²) in [4.78, 5) is 15.7. The van der Waals surface area contributed by atoms with Gasteiger partial charge in [0, 0.05) is 5.56 Å². The van der Waals surface area contributed by atoms with E-state index in [2.05, 4.69) is 4.98 Å². The number of hydrogen-bond donors (Lipinski definition) is 1. The summed E-state index contributed by atoms with van der Waals surface area (Å²) in [5.74, 6) is -1.11. The molecule has 0 saturated heterocycles. The molecule has 0 saturated carbocycles. The Hall–Kier alpha value is -1.82. The molecular weight excluding hydrogens is 272 g/mol. The second kappa shape index (κ2) is 5.44. The van der Waals surface area contributed by atoms with E-state index in [0.29, 0.717) is 21.9 Å². The summed E-state index contributed by atoms with van der Waals surface area (Å²) in [5, 5.41) is 9.82. The van der Waals surface area contributed by atoms with Crippen molar-refractivity contribution >= 4 is 17.3 Å². The molecule has 1 heterocycles. The first kappa shape index (κ1) is 13.6. The number of carboxylic acid groups (broad SMARTS) is 1. The number of nitrogens with zero attached hydrogens (tertiary/aromatic N) is 1. The zero-order valence-electron chi connectivity index (χ0n) is 10.1. The van der Waals surface area contributed by atoms with Crippen LogP contribution >= 0.6 is 11.3 Å². The third-order valence-electron chi connectivity index (χ3n) is 2.60. The minimum absolute atomic E-state index is 0.0216. The van der Waals surface area contributed by atoms with Gasteiger partial charge in [-0.25, -0.2) is 18.6 Å². The van der Waals surface area contributed by atoms with E-state index in [1.165, 1.54) is 35.6 Å². The Morgan fingerprint density at radius 2 is 2.00 bits per heavy atom. The van der Waals surface area contributed by atoms with Gasteiger partial charge in [-0.05, 0) is 12.0 Å². The molecule has 19 heavy (non-hydrogen) atoms. The number of thiazole rings is 1. The van der Waals surface area contributed by atoms with E-state index in [4.69, 9.17) is 5.11 Å². The average Bonchev–Trinajstić information content (AvgIpc) is 2.83. The fourth-order valence-electron chi connectivity index (χ4n) is 1.64. The zero-order chi connectivity index (χ0) is 14.0. The van der Waals surface area contributed by atoms with Crippen molar-refractivity contribution < 1.29 is 18.7 Å². The summed E-state index contributed by atoms with van der Waals surface area (Å²) in [6.07, 6.45) is -1.89. The number of carbonyl (C=O) groups is 1. The van der Waals surface area contributed by atoms with E-state index in [0.717, 1.165) is 0 Å². The molecule has 2 aromatic rings. The van der Waals surface area contributed by atoms with E-state index in [9.17, 15) is 13.6 Å². The highest BCUT2D eigenvalue weighted by atomic mass is 32.1. The quantitative estimate of drug-likeness (QED) is 0.922. The molecule has 0 atom stereocenters. The van der Waals surface area contributed by atoms with Crippen LogP contribution in [0, 0.1) is 0 Å². The first-order chi connectivity index (χ1) is 9.02. The lowest BCUT2D eigenvalue weighted by molar-refractivity contribution is 0.0692. The van der Waals surface area contributed by atoms with Gasteiger partial charge in [-0.3, -0.25) is 0 Å². The molecule has 0 aliphatic carbocycles. The van der Waals surface area contributed by atoms with Gasteiger partial charge in [0.2, 0.25) is 0 Å². The van der Waals surface area contributed by atoms with Gasteiger partial charge >= 0.3 is 5.97 Å². The summed E-state index contributed by atoms with van der Waals surface area (Å²) in [7, 11) is 0. The topological polar surface area (TPSA) is 50.2 Å². The first-order valence-corrected chi connectivity index (χ1v) is 6.46. The molecular formula is C13H11F2NO2S. The molecule has 1 N–H and O–H groups in total. The van der Waals surface area contributed by atoms with Crippen LogP contribution in [-0.4, -0.2) is 16.1 Å². The molecule has 1 aromatic carbocycles. The van der Waals surface area contributed by atoms with Crippen LogP contribution in [0.1, 0.15) is 34.4 Å². The van der Waals surface area contributed by atoms with Crippen molar-refractivity contribution in [2.45, 2.75) is 19.8 Å². The SMILES string of the molecule is CCc1nc(C(=O)O)c(-c2ccc(C(F)F)cc2)s1. The van der Waals surface area contributed by atoms with E-state index >= 15 is 0 Å². The number of hydrogen-bond acceptors (Lipinski definition) is 3. The number of aromatic carboxylic acids is 1. The van der Waals surface area contributed by atoms with E-state index in [-0.39, 0.29) is 11.3 Å².